The summed E-state index contributed by atoms with van der Waals surface area (Å²) in [5, 5.41) is 2.26. The molecule has 31 heavy (non-hydrogen) atoms. The summed E-state index contributed by atoms with van der Waals surface area (Å²) in [7, 11) is 0. The van der Waals surface area contributed by atoms with Crippen LogP contribution in [0.5, 0.6) is 0 Å². The van der Waals surface area contributed by atoms with E-state index in [1.54, 1.807) is 29.3 Å². The molecule has 3 unspecified atom stereocenters. The molecule has 2 saturated heterocycles. The number of amides is 2. The molecule has 2 aliphatic rings. The fourth-order valence-corrected chi connectivity index (χ4v) is 4.47. The van der Waals surface area contributed by atoms with Crippen LogP contribution in [-0.2, 0) is 20.8 Å². The summed E-state index contributed by atoms with van der Waals surface area (Å²) in [6.07, 6.45) is 0.0525. The van der Waals surface area contributed by atoms with Gasteiger partial charge >= 0.3 is 0 Å². The number of benzene rings is 3. The van der Waals surface area contributed by atoms with E-state index < -0.39 is 18.1 Å². The van der Waals surface area contributed by atoms with E-state index in [4.69, 9.17) is 16.4 Å². The van der Waals surface area contributed by atoms with Crippen LogP contribution in [0.15, 0.2) is 78.9 Å². The zero-order chi connectivity index (χ0) is 21.5. The molecule has 2 aliphatic heterocycles. The van der Waals surface area contributed by atoms with Crippen molar-refractivity contribution >= 4 is 34.8 Å². The monoisotopic (exact) mass is 432 g/mol. The molecule has 0 radical (unpaired) electrons. The van der Waals surface area contributed by atoms with Crippen molar-refractivity contribution in [2.75, 3.05) is 9.96 Å². The van der Waals surface area contributed by atoms with E-state index in [-0.39, 0.29) is 11.8 Å². The molecule has 5 nitrogen and oxygen atoms in total. The van der Waals surface area contributed by atoms with Gasteiger partial charge in [-0.3, -0.25) is 14.4 Å². The highest BCUT2D eigenvalue weighted by atomic mass is 35.5. The van der Waals surface area contributed by atoms with Gasteiger partial charge in [-0.15, -0.1) is 0 Å². The van der Waals surface area contributed by atoms with Crippen LogP contribution in [0.4, 0.5) is 11.4 Å². The number of anilines is 2. The maximum Gasteiger partial charge on any atom is 0.266 e. The number of fused-ring (bicyclic) bond motifs is 1. The predicted molar refractivity (Wildman–Crippen MR) is 120 cm³/mol. The van der Waals surface area contributed by atoms with Crippen LogP contribution in [0, 0.1) is 5.92 Å². The molecule has 0 aliphatic carbocycles. The van der Waals surface area contributed by atoms with Crippen LogP contribution in [-0.4, -0.2) is 17.9 Å². The molecular formula is C25H21ClN2O3. The molecule has 2 heterocycles. The fourth-order valence-electron chi connectivity index (χ4n) is 4.35. The van der Waals surface area contributed by atoms with Crippen molar-refractivity contribution in [2.24, 2.45) is 5.92 Å². The molecular weight excluding hydrogens is 412 g/mol. The third-order valence-electron chi connectivity index (χ3n) is 5.94. The first-order chi connectivity index (χ1) is 15.1. The number of hydroxylamine groups is 1. The third-order valence-corrected chi connectivity index (χ3v) is 6.19. The molecule has 3 atom stereocenters. The summed E-state index contributed by atoms with van der Waals surface area (Å²) < 4.78 is 0. The molecule has 0 N–H and O–H groups in total. The molecule has 0 bridgehead atoms. The van der Waals surface area contributed by atoms with E-state index in [1.165, 1.54) is 10.5 Å². The van der Waals surface area contributed by atoms with Gasteiger partial charge in [0, 0.05) is 5.02 Å². The standard InChI is InChI=1S/C25H21ClN2O3/c1-2-16-8-10-17(11-9-16)22-21-23(31-28(22)20-6-4-3-5-7-20)25(30)27(24(21)29)19-14-12-18(26)13-15-19/h3-15,21-23H,2H2,1H3. The lowest BCUT2D eigenvalue weighted by atomic mass is 9.90. The molecule has 6 heteroatoms. The number of carbonyl (C=O) groups is 2. The number of aryl methyl sites for hydroxylation is 1. The molecule has 156 valence electrons. The molecule has 3 aromatic carbocycles. The minimum absolute atomic E-state index is 0.264. The fraction of sp³-hybridized carbons (Fsp3) is 0.200. The second-order valence-corrected chi connectivity index (χ2v) is 8.18. The molecule has 2 fully saturated rings. The van der Waals surface area contributed by atoms with Gasteiger partial charge in [0.05, 0.1) is 17.4 Å². The Labute approximate surface area is 185 Å². The molecule has 0 saturated carbocycles. The smallest absolute Gasteiger partial charge is 0.266 e. The highest BCUT2D eigenvalue weighted by Crippen LogP contribution is 2.47. The Morgan fingerprint density at radius 2 is 1.52 bits per heavy atom. The average Bonchev–Trinajstić information content (AvgIpc) is 3.31. The highest BCUT2D eigenvalue weighted by Gasteiger charge is 2.60. The van der Waals surface area contributed by atoms with Crippen LogP contribution >= 0.6 is 11.6 Å². The number of halogens is 1. The number of para-hydroxylation sites is 1. The lowest BCUT2D eigenvalue weighted by Crippen LogP contribution is -2.37. The normalized spacial score (nSPS) is 22.8. The van der Waals surface area contributed by atoms with E-state index >= 15 is 0 Å². The van der Waals surface area contributed by atoms with Gasteiger partial charge in [0.2, 0.25) is 5.91 Å². The van der Waals surface area contributed by atoms with Crippen molar-refractivity contribution < 1.29 is 14.4 Å². The van der Waals surface area contributed by atoms with Gasteiger partial charge in [0.25, 0.3) is 5.91 Å². The van der Waals surface area contributed by atoms with Crippen LogP contribution in [0.2, 0.25) is 5.02 Å². The van der Waals surface area contributed by atoms with Gasteiger partial charge < -0.3 is 0 Å². The lowest BCUT2D eigenvalue weighted by molar-refractivity contribution is -0.126. The third kappa shape index (κ3) is 3.30. The van der Waals surface area contributed by atoms with Gasteiger partial charge in [-0.1, -0.05) is 61.0 Å². The predicted octanol–water partition coefficient (Wildman–Crippen LogP) is 4.95. The van der Waals surface area contributed by atoms with Crippen molar-refractivity contribution in [2.45, 2.75) is 25.5 Å². The molecule has 3 aromatic rings. The van der Waals surface area contributed by atoms with E-state index in [2.05, 4.69) is 19.1 Å². The van der Waals surface area contributed by atoms with Crippen molar-refractivity contribution in [3.8, 4) is 0 Å². The Hall–Kier alpha value is -3.15. The summed E-state index contributed by atoms with van der Waals surface area (Å²) in [5.41, 5.74) is 3.46. The van der Waals surface area contributed by atoms with E-state index in [0.717, 1.165) is 17.7 Å². The topological polar surface area (TPSA) is 49.9 Å². The summed E-state index contributed by atoms with van der Waals surface area (Å²) in [6.45, 7) is 2.10. The van der Waals surface area contributed by atoms with Gasteiger partial charge in [-0.2, -0.15) is 0 Å². The summed E-state index contributed by atoms with van der Waals surface area (Å²) in [4.78, 5) is 34.2. The maximum absolute atomic E-state index is 13.5. The average molecular weight is 433 g/mol. The summed E-state index contributed by atoms with van der Waals surface area (Å²) >= 11 is 5.98. The van der Waals surface area contributed by atoms with Gasteiger partial charge in [0.15, 0.2) is 6.10 Å². The lowest BCUT2D eigenvalue weighted by Gasteiger charge is -2.28. The van der Waals surface area contributed by atoms with Crippen LogP contribution in [0.3, 0.4) is 0 Å². The molecule has 2 amide bonds. The number of hydrogen-bond acceptors (Lipinski definition) is 4. The number of rotatable bonds is 4. The van der Waals surface area contributed by atoms with E-state index in [1.807, 2.05) is 42.5 Å². The minimum atomic E-state index is -0.876. The van der Waals surface area contributed by atoms with Crippen molar-refractivity contribution in [1.82, 2.24) is 0 Å². The first-order valence-corrected chi connectivity index (χ1v) is 10.7. The van der Waals surface area contributed by atoms with Crippen LogP contribution in [0.1, 0.15) is 24.1 Å². The molecule has 0 aromatic heterocycles. The zero-order valence-corrected chi connectivity index (χ0v) is 17.7. The second-order valence-electron chi connectivity index (χ2n) is 7.74. The van der Waals surface area contributed by atoms with Gasteiger partial charge in [0.1, 0.15) is 5.92 Å². The van der Waals surface area contributed by atoms with E-state index in [9.17, 15) is 9.59 Å². The van der Waals surface area contributed by atoms with Crippen LogP contribution in [0.25, 0.3) is 0 Å². The highest BCUT2D eigenvalue weighted by molar-refractivity contribution is 6.31. The SMILES string of the molecule is CCc1ccc(C2C3C(=O)N(c4ccc(Cl)cc4)C(=O)C3ON2c2ccccc2)cc1. The Kier molecular flexibility index (Phi) is 5.00. The number of carbonyl (C=O) groups excluding carboxylic acids is 2. The van der Waals surface area contributed by atoms with Crippen molar-refractivity contribution in [3.63, 3.8) is 0 Å². The van der Waals surface area contributed by atoms with Crippen molar-refractivity contribution in [1.29, 1.82) is 0 Å². The Balaban J connectivity index is 1.57. The first-order valence-electron chi connectivity index (χ1n) is 10.3. The largest absolute Gasteiger partial charge is 0.273 e. The Morgan fingerprint density at radius 3 is 2.16 bits per heavy atom. The quantitative estimate of drug-likeness (QED) is 0.547. The van der Waals surface area contributed by atoms with E-state index in [0.29, 0.717) is 10.7 Å². The molecule has 5 rings (SSSR count). The Bertz CT molecular complexity index is 1120. The minimum Gasteiger partial charge on any atom is -0.273 e. The van der Waals surface area contributed by atoms with Gasteiger partial charge in [-0.25, -0.2) is 9.96 Å². The second kappa shape index (κ2) is 7.84. The Morgan fingerprint density at radius 1 is 0.839 bits per heavy atom. The first kappa shape index (κ1) is 19.8. The number of imide groups is 1. The van der Waals surface area contributed by atoms with Crippen LogP contribution < -0.4 is 9.96 Å². The summed E-state index contributed by atoms with van der Waals surface area (Å²) in [5.74, 6) is -1.26. The summed E-state index contributed by atoms with van der Waals surface area (Å²) in [6, 6.07) is 24.0. The van der Waals surface area contributed by atoms with Gasteiger partial charge in [-0.05, 0) is 53.9 Å². The number of hydrogen-bond donors (Lipinski definition) is 0. The number of nitrogens with zero attached hydrogens (tertiary/aromatic N) is 2. The zero-order valence-electron chi connectivity index (χ0n) is 16.9. The molecule has 0 spiro atoms. The maximum atomic E-state index is 13.5. The van der Waals surface area contributed by atoms with Crippen molar-refractivity contribution in [3.05, 3.63) is 95.0 Å².